The van der Waals surface area contributed by atoms with Crippen LogP contribution in [0.1, 0.15) is 5.69 Å². The highest BCUT2D eigenvalue weighted by molar-refractivity contribution is 5.64. The Morgan fingerprint density at radius 1 is 1.20 bits per heavy atom. The number of nitrogens with zero attached hydrogens (tertiary/aromatic N) is 3. The molecule has 4 heteroatoms. The van der Waals surface area contributed by atoms with Gasteiger partial charge in [-0.25, -0.2) is 4.98 Å². The van der Waals surface area contributed by atoms with Crippen LogP contribution in [0.25, 0.3) is 11.3 Å². The number of hydrogen-bond donors (Lipinski definition) is 0. The van der Waals surface area contributed by atoms with Crippen molar-refractivity contribution in [2.75, 3.05) is 0 Å². The lowest BCUT2D eigenvalue weighted by Crippen LogP contribution is -1.93. The Labute approximate surface area is 85.9 Å². The zero-order chi connectivity index (χ0) is 10.7. The molecule has 0 spiro atoms. The van der Waals surface area contributed by atoms with Crippen molar-refractivity contribution in [3.05, 3.63) is 48.2 Å². The Bertz CT molecular complexity index is 517. The van der Waals surface area contributed by atoms with E-state index in [0.29, 0.717) is 11.3 Å². The molecule has 0 aliphatic rings. The fourth-order valence-corrected chi connectivity index (χ4v) is 1.25. The molecule has 0 bridgehead atoms. The molecule has 2 rings (SSSR count). The van der Waals surface area contributed by atoms with Crippen LogP contribution < -0.4 is 0 Å². The average molecular weight is 199 g/mol. The van der Waals surface area contributed by atoms with E-state index >= 15 is 0 Å². The molecule has 2 heterocycles. The highest BCUT2D eigenvalue weighted by Crippen LogP contribution is 2.19. The lowest BCUT2D eigenvalue weighted by molar-refractivity contribution is 0.582. The van der Waals surface area contributed by atoms with Gasteiger partial charge in [-0.3, -0.25) is 4.98 Å². The van der Waals surface area contributed by atoms with Gasteiger partial charge in [0.2, 0.25) is 5.95 Å². The minimum Gasteiger partial charge on any atom is -0.256 e. The first-order valence-corrected chi connectivity index (χ1v) is 4.29. The fraction of sp³-hybridized carbons (Fsp3) is 0. The van der Waals surface area contributed by atoms with Crippen molar-refractivity contribution in [2.24, 2.45) is 0 Å². The van der Waals surface area contributed by atoms with Gasteiger partial charge in [0.25, 0.3) is 0 Å². The van der Waals surface area contributed by atoms with Crippen molar-refractivity contribution < 1.29 is 4.39 Å². The van der Waals surface area contributed by atoms with Crippen LogP contribution >= 0.6 is 0 Å². The molecular formula is C11H6FN3. The highest BCUT2D eigenvalue weighted by Gasteiger charge is 2.07. The minimum absolute atomic E-state index is 0.0497. The first kappa shape index (κ1) is 9.28. The molecule has 15 heavy (non-hydrogen) atoms. The topological polar surface area (TPSA) is 49.6 Å². The summed E-state index contributed by atoms with van der Waals surface area (Å²) in [6.45, 7) is 0. The molecule has 3 nitrogen and oxygen atoms in total. The third-order valence-electron chi connectivity index (χ3n) is 1.91. The molecule has 0 N–H and O–H groups in total. The molecule has 0 saturated carbocycles. The Kier molecular flexibility index (Phi) is 2.38. The highest BCUT2D eigenvalue weighted by atomic mass is 19.1. The maximum absolute atomic E-state index is 12.8. The van der Waals surface area contributed by atoms with Gasteiger partial charge in [-0.15, -0.1) is 0 Å². The van der Waals surface area contributed by atoms with Crippen molar-refractivity contribution in [1.82, 2.24) is 9.97 Å². The number of pyridine rings is 2. The van der Waals surface area contributed by atoms with E-state index in [1.165, 1.54) is 12.1 Å². The zero-order valence-electron chi connectivity index (χ0n) is 7.68. The van der Waals surface area contributed by atoms with Crippen molar-refractivity contribution in [3.8, 4) is 17.3 Å². The summed E-state index contributed by atoms with van der Waals surface area (Å²) in [6, 6.07) is 9.87. The molecule has 0 aliphatic carbocycles. The largest absolute Gasteiger partial charge is 0.256 e. The van der Waals surface area contributed by atoms with Gasteiger partial charge in [0.15, 0.2) is 5.69 Å². The summed E-state index contributed by atoms with van der Waals surface area (Å²) in [5.41, 5.74) is 1.20. The van der Waals surface area contributed by atoms with Crippen LogP contribution in [0, 0.1) is 17.3 Å². The second-order valence-corrected chi connectivity index (χ2v) is 2.86. The van der Waals surface area contributed by atoms with Gasteiger partial charge in [0.1, 0.15) is 6.07 Å². The predicted octanol–water partition coefficient (Wildman–Crippen LogP) is 2.15. The molecule has 2 aromatic heterocycles. The number of nitriles is 1. The van der Waals surface area contributed by atoms with E-state index in [1.54, 1.807) is 24.4 Å². The van der Waals surface area contributed by atoms with Crippen LogP contribution in [-0.4, -0.2) is 9.97 Å². The Morgan fingerprint density at radius 3 is 2.73 bits per heavy atom. The van der Waals surface area contributed by atoms with E-state index in [0.717, 1.165) is 0 Å². The second-order valence-electron chi connectivity index (χ2n) is 2.86. The molecule has 0 radical (unpaired) electrons. The van der Waals surface area contributed by atoms with Gasteiger partial charge in [0.05, 0.1) is 5.69 Å². The van der Waals surface area contributed by atoms with E-state index < -0.39 is 5.95 Å². The van der Waals surface area contributed by atoms with Crippen molar-refractivity contribution in [2.45, 2.75) is 0 Å². The molecule has 0 unspecified atom stereocenters. The maximum Gasteiger partial charge on any atom is 0.214 e. The summed E-state index contributed by atoms with van der Waals surface area (Å²) in [7, 11) is 0. The summed E-state index contributed by atoms with van der Waals surface area (Å²) in [6.07, 6.45) is 1.61. The van der Waals surface area contributed by atoms with Crippen LogP contribution in [0.5, 0.6) is 0 Å². The Hall–Kier alpha value is -2.28. The Morgan fingerprint density at radius 2 is 2.07 bits per heavy atom. The van der Waals surface area contributed by atoms with Crippen LogP contribution in [0.15, 0.2) is 36.5 Å². The third-order valence-corrected chi connectivity index (χ3v) is 1.91. The van der Waals surface area contributed by atoms with Crippen molar-refractivity contribution in [1.29, 1.82) is 5.26 Å². The fourth-order valence-electron chi connectivity index (χ4n) is 1.25. The molecule has 0 aliphatic heterocycles. The second kappa shape index (κ2) is 3.84. The number of hydrogen-bond acceptors (Lipinski definition) is 3. The monoisotopic (exact) mass is 199 g/mol. The lowest BCUT2D eigenvalue weighted by Gasteiger charge is -2.01. The molecule has 0 saturated heterocycles. The maximum atomic E-state index is 12.8. The Balaban J connectivity index is 2.60. The van der Waals surface area contributed by atoms with Crippen LogP contribution in [0.3, 0.4) is 0 Å². The average Bonchev–Trinajstić information content (AvgIpc) is 2.30. The lowest BCUT2D eigenvalue weighted by atomic mass is 10.1. The standard InChI is InChI=1S/C11H6FN3/c12-11-5-4-8(10(7-13)15-11)9-3-1-2-6-14-9/h1-6H. The summed E-state index contributed by atoms with van der Waals surface area (Å²) < 4.78 is 12.8. The summed E-state index contributed by atoms with van der Waals surface area (Å²) >= 11 is 0. The molecule has 0 amide bonds. The quantitative estimate of drug-likeness (QED) is 0.661. The molecule has 0 aromatic carbocycles. The number of rotatable bonds is 1. The first-order valence-electron chi connectivity index (χ1n) is 4.29. The van der Waals surface area contributed by atoms with Crippen molar-refractivity contribution >= 4 is 0 Å². The van der Waals surface area contributed by atoms with Gasteiger partial charge in [0, 0.05) is 11.8 Å². The smallest absolute Gasteiger partial charge is 0.214 e. The third kappa shape index (κ3) is 1.81. The van der Waals surface area contributed by atoms with Crippen molar-refractivity contribution in [3.63, 3.8) is 0 Å². The SMILES string of the molecule is N#Cc1nc(F)ccc1-c1ccccn1. The van der Waals surface area contributed by atoms with E-state index in [9.17, 15) is 4.39 Å². The number of halogens is 1. The summed E-state index contributed by atoms with van der Waals surface area (Å²) in [5, 5.41) is 8.80. The molecule has 2 aromatic rings. The van der Waals surface area contributed by atoms with Gasteiger partial charge >= 0.3 is 0 Å². The molecular weight excluding hydrogens is 193 g/mol. The van der Waals surface area contributed by atoms with E-state index in [1.807, 2.05) is 6.07 Å². The van der Waals surface area contributed by atoms with E-state index in [-0.39, 0.29) is 5.69 Å². The molecule has 0 fully saturated rings. The normalized spacial score (nSPS) is 9.60. The van der Waals surface area contributed by atoms with Gasteiger partial charge in [-0.2, -0.15) is 9.65 Å². The van der Waals surface area contributed by atoms with Crippen LogP contribution in [0.4, 0.5) is 4.39 Å². The van der Waals surface area contributed by atoms with Crippen LogP contribution in [-0.2, 0) is 0 Å². The minimum atomic E-state index is -0.661. The van der Waals surface area contributed by atoms with Gasteiger partial charge < -0.3 is 0 Å². The predicted molar refractivity (Wildman–Crippen MR) is 52.1 cm³/mol. The molecule has 0 atom stereocenters. The van der Waals surface area contributed by atoms with E-state index in [4.69, 9.17) is 5.26 Å². The summed E-state index contributed by atoms with van der Waals surface area (Å²) in [4.78, 5) is 7.57. The summed E-state index contributed by atoms with van der Waals surface area (Å²) in [5.74, 6) is -0.661. The van der Waals surface area contributed by atoms with Gasteiger partial charge in [-0.1, -0.05) is 6.07 Å². The zero-order valence-corrected chi connectivity index (χ0v) is 7.68. The first-order chi connectivity index (χ1) is 7.31. The van der Waals surface area contributed by atoms with Gasteiger partial charge in [-0.05, 0) is 24.3 Å². The van der Waals surface area contributed by atoms with Crippen LogP contribution in [0.2, 0.25) is 0 Å². The molecule has 72 valence electrons. The number of aromatic nitrogens is 2. The van der Waals surface area contributed by atoms with E-state index in [2.05, 4.69) is 9.97 Å².